The van der Waals surface area contributed by atoms with Crippen LogP contribution in [0.15, 0.2) is 53.0 Å². The molecule has 2 aromatic carbocycles. The second-order valence-electron chi connectivity index (χ2n) is 5.47. The molecular formula is C18H21BrN2O. The van der Waals surface area contributed by atoms with Gasteiger partial charge in [0, 0.05) is 28.8 Å². The molecule has 0 aliphatic carbocycles. The average Bonchev–Trinajstić information content (AvgIpc) is 2.49. The number of halogens is 1. The SMILES string of the molecule is CC(C)c1ccccc1NC(=O)CCNc1ccc(Br)cc1. The van der Waals surface area contributed by atoms with E-state index in [1.54, 1.807) is 0 Å². The minimum atomic E-state index is 0.0257. The van der Waals surface area contributed by atoms with Crippen molar-refractivity contribution in [2.24, 2.45) is 0 Å². The van der Waals surface area contributed by atoms with Crippen LogP contribution in [0.3, 0.4) is 0 Å². The molecular weight excluding hydrogens is 340 g/mol. The van der Waals surface area contributed by atoms with Crippen LogP contribution in [-0.4, -0.2) is 12.5 Å². The van der Waals surface area contributed by atoms with Crippen molar-refractivity contribution < 1.29 is 4.79 Å². The van der Waals surface area contributed by atoms with Crippen molar-refractivity contribution in [3.8, 4) is 0 Å². The Hall–Kier alpha value is -1.81. The van der Waals surface area contributed by atoms with Gasteiger partial charge in [-0.1, -0.05) is 48.0 Å². The molecule has 2 N–H and O–H groups in total. The molecule has 4 heteroatoms. The minimum absolute atomic E-state index is 0.0257. The zero-order valence-corrected chi connectivity index (χ0v) is 14.5. The number of amides is 1. The van der Waals surface area contributed by atoms with Crippen molar-refractivity contribution >= 4 is 33.2 Å². The van der Waals surface area contributed by atoms with E-state index in [-0.39, 0.29) is 5.91 Å². The van der Waals surface area contributed by atoms with E-state index < -0.39 is 0 Å². The molecule has 2 aromatic rings. The molecule has 0 atom stereocenters. The highest BCUT2D eigenvalue weighted by atomic mass is 79.9. The third-order valence-corrected chi connectivity index (χ3v) is 3.91. The molecule has 0 saturated heterocycles. The van der Waals surface area contributed by atoms with Gasteiger partial charge in [0.15, 0.2) is 0 Å². The average molecular weight is 361 g/mol. The summed E-state index contributed by atoms with van der Waals surface area (Å²) >= 11 is 3.40. The lowest BCUT2D eigenvalue weighted by molar-refractivity contribution is -0.115. The number of nitrogens with one attached hydrogen (secondary N) is 2. The lowest BCUT2D eigenvalue weighted by Gasteiger charge is -2.14. The van der Waals surface area contributed by atoms with Crippen molar-refractivity contribution in [2.45, 2.75) is 26.2 Å². The Morgan fingerprint density at radius 2 is 1.77 bits per heavy atom. The summed E-state index contributed by atoms with van der Waals surface area (Å²) in [4.78, 5) is 12.1. The molecule has 0 radical (unpaired) electrons. The van der Waals surface area contributed by atoms with Crippen LogP contribution in [-0.2, 0) is 4.79 Å². The van der Waals surface area contributed by atoms with Gasteiger partial charge in [0.2, 0.25) is 5.91 Å². The number of para-hydroxylation sites is 1. The van der Waals surface area contributed by atoms with E-state index in [1.807, 2.05) is 42.5 Å². The Labute approximate surface area is 140 Å². The molecule has 0 aliphatic heterocycles. The van der Waals surface area contributed by atoms with E-state index in [0.29, 0.717) is 18.9 Å². The summed E-state index contributed by atoms with van der Waals surface area (Å²) in [6.45, 7) is 4.86. The van der Waals surface area contributed by atoms with Gasteiger partial charge >= 0.3 is 0 Å². The fourth-order valence-corrected chi connectivity index (χ4v) is 2.48. The lowest BCUT2D eigenvalue weighted by atomic mass is 10.0. The van der Waals surface area contributed by atoms with Crippen LogP contribution in [0.1, 0.15) is 31.7 Å². The van der Waals surface area contributed by atoms with Crippen LogP contribution in [0.2, 0.25) is 0 Å². The molecule has 0 fully saturated rings. The maximum Gasteiger partial charge on any atom is 0.226 e. The maximum atomic E-state index is 12.1. The first-order valence-corrected chi connectivity index (χ1v) is 8.24. The summed E-state index contributed by atoms with van der Waals surface area (Å²) in [6.07, 6.45) is 0.433. The Balaban J connectivity index is 1.84. The second kappa shape index (κ2) is 7.99. The van der Waals surface area contributed by atoms with Crippen LogP contribution in [0.25, 0.3) is 0 Å². The second-order valence-corrected chi connectivity index (χ2v) is 6.39. The maximum absolute atomic E-state index is 12.1. The molecule has 3 nitrogen and oxygen atoms in total. The highest BCUT2D eigenvalue weighted by Crippen LogP contribution is 2.23. The van der Waals surface area contributed by atoms with Gasteiger partial charge in [0.05, 0.1) is 0 Å². The molecule has 0 saturated carbocycles. The number of benzene rings is 2. The fraction of sp³-hybridized carbons (Fsp3) is 0.278. The Morgan fingerprint density at radius 1 is 1.09 bits per heavy atom. The number of hydrogen-bond donors (Lipinski definition) is 2. The summed E-state index contributed by atoms with van der Waals surface area (Å²) in [6, 6.07) is 15.9. The van der Waals surface area contributed by atoms with Crippen LogP contribution < -0.4 is 10.6 Å². The highest BCUT2D eigenvalue weighted by Gasteiger charge is 2.08. The molecule has 0 aliphatic rings. The number of carbonyl (C=O) groups is 1. The normalized spacial score (nSPS) is 10.5. The zero-order chi connectivity index (χ0) is 15.9. The van der Waals surface area contributed by atoms with E-state index in [9.17, 15) is 4.79 Å². The molecule has 0 unspecified atom stereocenters. The molecule has 0 aromatic heterocycles. The number of carbonyl (C=O) groups excluding carboxylic acids is 1. The lowest BCUT2D eigenvalue weighted by Crippen LogP contribution is -2.17. The summed E-state index contributed by atoms with van der Waals surface area (Å²) in [5.41, 5.74) is 3.08. The van der Waals surface area contributed by atoms with Crippen LogP contribution in [0.5, 0.6) is 0 Å². The van der Waals surface area contributed by atoms with Crippen LogP contribution >= 0.6 is 15.9 Å². The van der Waals surface area contributed by atoms with Gasteiger partial charge in [-0.2, -0.15) is 0 Å². The first-order valence-electron chi connectivity index (χ1n) is 7.44. The molecule has 2 rings (SSSR count). The predicted octanol–water partition coefficient (Wildman–Crippen LogP) is 5.01. The molecule has 22 heavy (non-hydrogen) atoms. The first-order chi connectivity index (χ1) is 10.6. The fourth-order valence-electron chi connectivity index (χ4n) is 2.22. The summed E-state index contributed by atoms with van der Waals surface area (Å²) in [5.74, 6) is 0.412. The zero-order valence-electron chi connectivity index (χ0n) is 12.9. The monoisotopic (exact) mass is 360 g/mol. The Morgan fingerprint density at radius 3 is 2.45 bits per heavy atom. The van der Waals surface area contributed by atoms with Gasteiger partial charge in [0.1, 0.15) is 0 Å². The summed E-state index contributed by atoms with van der Waals surface area (Å²) in [7, 11) is 0. The van der Waals surface area contributed by atoms with Gasteiger partial charge < -0.3 is 10.6 Å². The van der Waals surface area contributed by atoms with Crippen molar-refractivity contribution in [1.82, 2.24) is 0 Å². The number of anilines is 2. The van der Waals surface area contributed by atoms with Gasteiger partial charge in [-0.3, -0.25) is 4.79 Å². The van der Waals surface area contributed by atoms with Gasteiger partial charge in [-0.15, -0.1) is 0 Å². The van der Waals surface area contributed by atoms with E-state index in [2.05, 4.69) is 46.5 Å². The van der Waals surface area contributed by atoms with E-state index in [4.69, 9.17) is 0 Å². The van der Waals surface area contributed by atoms with Crippen molar-refractivity contribution in [3.63, 3.8) is 0 Å². The summed E-state index contributed by atoms with van der Waals surface area (Å²) in [5, 5.41) is 6.25. The van der Waals surface area contributed by atoms with Crippen LogP contribution in [0.4, 0.5) is 11.4 Å². The Bertz CT molecular complexity index is 623. The van der Waals surface area contributed by atoms with Crippen molar-refractivity contribution in [1.29, 1.82) is 0 Å². The molecule has 0 heterocycles. The van der Waals surface area contributed by atoms with Crippen molar-refractivity contribution in [3.05, 3.63) is 58.6 Å². The van der Waals surface area contributed by atoms with E-state index >= 15 is 0 Å². The topological polar surface area (TPSA) is 41.1 Å². The third-order valence-electron chi connectivity index (χ3n) is 3.38. The standard InChI is InChI=1S/C18H21BrN2O/c1-13(2)16-5-3-4-6-17(16)21-18(22)11-12-20-15-9-7-14(19)8-10-15/h3-10,13,20H,11-12H2,1-2H3,(H,21,22). The van der Waals surface area contributed by atoms with Crippen molar-refractivity contribution in [2.75, 3.05) is 17.2 Å². The van der Waals surface area contributed by atoms with E-state index in [1.165, 1.54) is 0 Å². The molecule has 0 bridgehead atoms. The largest absolute Gasteiger partial charge is 0.385 e. The first kappa shape index (κ1) is 16.6. The minimum Gasteiger partial charge on any atom is -0.385 e. The smallest absolute Gasteiger partial charge is 0.226 e. The quantitative estimate of drug-likeness (QED) is 0.759. The highest BCUT2D eigenvalue weighted by molar-refractivity contribution is 9.10. The summed E-state index contributed by atoms with van der Waals surface area (Å²) < 4.78 is 1.04. The van der Waals surface area contributed by atoms with Gasteiger partial charge in [0.25, 0.3) is 0 Å². The van der Waals surface area contributed by atoms with Crippen LogP contribution in [0, 0.1) is 0 Å². The molecule has 0 spiro atoms. The van der Waals surface area contributed by atoms with Gasteiger partial charge in [-0.25, -0.2) is 0 Å². The molecule has 1 amide bonds. The Kier molecular flexibility index (Phi) is 6.01. The number of rotatable bonds is 6. The van der Waals surface area contributed by atoms with Gasteiger partial charge in [-0.05, 0) is 41.8 Å². The number of hydrogen-bond acceptors (Lipinski definition) is 2. The third kappa shape index (κ3) is 4.88. The molecule has 116 valence electrons. The van der Waals surface area contributed by atoms with E-state index in [0.717, 1.165) is 21.4 Å². The predicted molar refractivity (Wildman–Crippen MR) is 96.4 cm³/mol.